The summed E-state index contributed by atoms with van der Waals surface area (Å²) in [6, 6.07) is 18.2. The van der Waals surface area contributed by atoms with Crippen LogP contribution >= 0.6 is 0 Å². The molecule has 0 bridgehead atoms. The number of hydrogen-bond acceptors (Lipinski definition) is 2. The Morgan fingerprint density at radius 3 is 2.26 bits per heavy atom. The first kappa shape index (κ1) is 13.1. The molecule has 2 rings (SSSR count). The molecule has 0 fully saturated rings. The second-order valence-electron chi connectivity index (χ2n) is 4.21. The summed E-state index contributed by atoms with van der Waals surface area (Å²) in [4.78, 5) is 10.8. The molecule has 0 aliphatic carbocycles. The Hall–Kier alpha value is -2.39. The Labute approximate surface area is 112 Å². The molecule has 3 heteroatoms. The maximum absolute atomic E-state index is 10.8. The Balaban J connectivity index is 2.03. The van der Waals surface area contributed by atoms with Crippen molar-refractivity contribution in [2.24, 2.45) is 0 Å². The van der Waals surface area contributed by atoms with Crippen LogP contribution in [0.25, 0.3) is 6.08 Å². The third-order valence-electron chi connectivity index (χ3n) is 2.77. The summed E-state index contributed by atoms with van der Waals surface area (Å²) in [6.45, 7) is 0. The molecule has 2 aromatic rings. The van der Waals surface area contributed by atoms with Gasteiger partial charge in [-0.05, 0) is 29.2 Å². The SMILES string of the molecule is O=C(/C=C/c1ccc(Cc2ccccc2)cc1)NO. The van der Waals surface area contributed by atoms with Crippen molar-refractivity contribution in [1.82, 2.24) is 5.48 Å². The molecular formula is C16H15NO2. The second kappa shape index (κ2) is 6.52. The Morgan fingerprint density at radius 1 is 1.00 bits per heavy atom. The molecule has 1 amide bonds. The molecule has 0 saturated carbocycles. The topological polar surface area (TPSA) is 49.3 Å². The van der Waals surface area contributed by atoms with E-state index in [4.69, 9.17) is 5.21 Å². The standard InChI is InChI=1S/C16H15NO2/c18-16(17-19)11-10-13-6-8-15(9-7-13)12-14-4-2-1-3-5-14/h1-11,19H,12H2,(H,17,18)/b11-10+. The lowest BCUT2D eigenvalue weighted by Crippen LogP contribution is -2.14. The number of amides is 1. The summed E-state index contributed by atoms with van der Waals surface area (Å²) < 4.78 is 0. The predicted molar refractivity (Wildman–Crippen MR) is 74.7 cm³/mol. The summed E-state index contributed by atoms with van der Waals surface area (Å²) in [5, 5.41) is 8.37. The molecule has 0 radical (unpaired) electrons. The highest BCUT2D eigenvalue weighted by molar-refractivity contribution is 5.90. The maximum Gasteiger partial charge on any atom is 0.267 e. The van der Waals surface area contributed by atoms with Gasteiger partial charge < -0.3 is 0 Å². The molecule has 0 spiro atoms. The molecule has 0 heterocycles. The zero-order valence-corrected chi connectivity index (χ0v) is 10.4. The van der Waals surface area contributed by atoms with E-state index in [1.165, 1.54) is 17.2 Å². The van der Waals surface area contributed by atoms with Crippen molar-refractivity contribution in [3.63, 3.8) is 0 Å². The molecule has 0 saturated heterocycles. The van der Waals surface area contributed by atoms with Crippen molar-refractivity contribution in [3.05, 3.63) is 77.4 Å². The van der Waals surface area contributed by atoms with Gasteiger partial charge in [0.1, 0.15) is 0 Å². The minimum atomic E-state index is -0.534. The highest BCUT2D eigenvalue weighted by Crippen LogP contribution is 2.11. The van der Waals surface area contributed by atoms with Gasteiger partial charge in [-0.25, -0.2) is 5.48 Å². The van der Waals surface area contributed by atoms with Crippen molar-refractivity contribution in [3.8, 4) is 0 Å². The lowest BCUT2D eigenvalue weighted by atomic mass is 10.0. The number of hydroxylamine groups is 1. The van der Waals surface area contributed by atoms with Gasteiger partial charge in [0, 0.05) is 6.08 Å². The average Bonchev–Trinajstić information content (AvgIpc) is 2.47. The van der Waals surface area contributed by atoms with E-state index in [9.17, 15) is 4.79 Å². The number of carbonyl (C=O) groups is 1. The molecule has 2 N–H and O–H groups in total. The lowest BCUT2D eigenvalue weighted by Gasteiger charge is -2.02. The number of rotatable bonds is 4. The molecule has 2 aromatic carbocycles. The van der Waals surface area contributed by atoms with Crippen LogP contribution in [0, 0.1) is 0 Å². The van der Waals surface area contributed by atoms with Crippen molar-refractivity contribution < 1.29 is 10.0 Å². The van der Waals surface area contributed by atoms with Crippen LogP contribution in [0.2, 0.25) is 0 Å². The van der Waals surface area contributed by atoms with Crippen LogP contribution in [0.5, 0.6) is 0 Å². The normalized spacial score (nSPS) is 10.6. The first-order valence-corrected chi connectivity index (χ1v) is 6.03. The van der Waals surface area contributed by atoms with Crippen molar-refractivity contribution in [2.45, 2.75) is 6.42 Å². The third kappa shape index (κ3) is 4.08. The minimum Gasteiger partial charge on any atom is -0.288 e. The first-order chi connectivity index (χ1) is 9.28. The van der Waals surface area contributed by atoms with Crippen molar-refractivity contribution in [2.75, 3.05) is 0 Å². The van der Waals surface area contributed by atoms with Crippen LogP contribution in [0.1, 0.15) is 16.7 Å². The largest absolute Gasteiger partial charge is 0.288 e. The van der Waals surface area contributed by atoms with Gasteiger partial charge in [-0.1, -0.05) is 54.6 Å². The molecule has 0 aliphatic rings. The summed E-state index contributed by atoms with van der Waals surface area (Å²) in [5.74, 6) is -0.534. The monoisotopic (exact) mass is 253 g/mol. The van der Waals surface area contributed by atoms with Crippen LogP contribution in [0.3, 0.4) is 0 Å². The molecule has 0 aromatic heterocycles. The molecule has 0 aliphatic heterocycles. The Bertz CT molecular complexity index is 559. The van der Waals surface area contributed by atoms with Gasteiger partial charge in [0.05, 0.1) is 0 Å². The van der Waals surface area contributed by atoms with Gasteiger partial charge in [-0.15, -0.1) is 0 Å². The molecule has 3 nitrogen and oxygen atoms in total. The van der Waals surface area contributed by atoms with Crippen molar-refractivity contribution in [1.29, 1.82) is 0 Å². The molecular weight excluding hydrogens is 238 g/mol. The van der Waals surface area contributed by atoms with Crippen LogP contribution in [0.4, 0.5) is 0 Å². The number of hydrogen-bond donors (Lipinski definition) is 2. The van der Waals surface area contributed by atoms with Gasteiger partial charge in [-0.2, -0.15) is 0 Å². The van der Waals surface area contributed by atoms with Crippen LogP contribution in [-0.4, -0.2) is 11.1 Å². The fourth-order valence-electron chi connectivity index (χ4n) is 1.79. The highest BCUT2D eigenvalue weighted by atomic mass is 16.5. The van der Waals surface area contributed by atoms with Gasteiger partial charge in [0.25, 0.3) is 5.91 Å². The second-order valence-corrected chi connectivity index (χ2v) is 4.21. The minimum absolute atomic E-state index is 0.534. The van der Waals surface area contributed by atoms with Crippen LogP contribution in [0.15, 0.2) is 60.7 Å². The van der Waals surface area contributed by atoms with E-state index >= 15 is 0 Å². The van der Waals surface area contributed by atoms with Gasteiger partial charge >= 0.3 is 0 Å². The molecule has 0 unspecified atom stereocenters. The zero-order valence-electron chi connectivity index (χ0n) is 10.4. The maximum atomic E-state index is 10.8. The first-order valence-electron chi connectivity index (χ1n) is 6.03. The lowest BCUT2D eigenvalue weighted by molar-refractivity contribution is -0.124. The predicted octanol–water partition coefficient (Wildman–Crippen LogP) is 2.80. The third-order valence-corrected chi connectivity index (χ3v) is 2.77. The van der Waals surface area contributed by atoms with E-state index in [1.807, 2.05) is 42.5 Å². The fourth-order valence-corrected chi connectivity index (χ4v) is 1.79. The number of nitrogens with one attached hydrogen (secondary N) is 1. The number of carbonyl (C=O) groups excluding carboxylic acids is 1. The zero-order chi connectivity index (χ0) is 13.5. The molecule has 0 atom stereocenters. The van der Waals surface area contributed by atoms with E-state index < -0.39 is 5.91 Å². The van der Waals surface area contributed by atoms with Gasteiger partial charge in [0.15, 0.2) is 0 Å². The summed E-state index contributed by atoms with van der Waals surface area (Å²) in [6.07, 6.45) is 3.83. The smallest absolute Gasteiger partial charge is 0.267 e. The molecule has 19 heavy (non-hydrogen) atoms. The van der Waals surface area contributed by atoms with Crippen LogP contribution < -0.4 is 5.48 Å². The van der Waals surface area contributed by atoms with Crippen LogP contribution in [-0.2, 0) is 11.2 Å². The summed E-state index contributed by atoms with van der Waals surface area (Å²) in [5.41, 5.74) is 4.96. The van der Waals surface area contributed by atoms with E-state index in [1.54, 1.807) is 11.6 Å². The number of benzene rings is 2. The van der Waals surface area contributed by atoms with E-state index in [2.05, 4.69) is 12.1 Å². The summed E-state index contributed by atoms with van der Waals surface area (Å²) in [7, 11) is 0. The van der Waals surface area contributed by atoms with Gasteiger partial charge in [0.2, 0.25) is 0 Å². The van der Waals surface area contributed by atoms with E-state index in [0.717, 1.165) is 12.0 Å². The van der Waals surface area contributed by atoms with E-state index in [0.29, 0.717) is 0 Å². The van der Waals surface area contributed by atoms with Gasteiger partial charge in [-0.3, -0.25) is 10.0 Å². The fraction of sp³-hybridized carbons (Fsp3) is 0.0625. The van der Waals surface area contributed by atoms with Crippen molar-refractivity contribution >= 4 is 12.0 Å². The highest BCUT2D eigenvalue weighted by Gasteiger charge is 1.96. The Kier molecular flexibility index (Phi) is 4.48. The molecule has 96 valence electrons. The average molecular weight is 253 g/mol. The Morgan fingerprint density at radius 2 is 1.63 bits per heavy atom. The quantitative estimate of drug-likeness (QED) is 0.500. The van der Waals surface area contributed by atoms with E-state index in [-0.39, 0.29) is 0 Å². The summed E-state index contributed by atoms with van der Waals surface area (Å²) >= 11 is 0.